The van der Waals surface area contributed by atoms with Crippen LogP contribution in [0.15, 0.2) is 30.7 Å². The maximum absolute atomic E-state index is 10.8. The Kier molecular flexibility index (Phi) is 5.27. The standard InChI is InChI=1S/C17H21N5O3/c1-24-17-20-9-12(10-21-17)11-2-7-15(19-8-11)22-13-3-5-14(6-4-13)25-16(18)23/h2,7-10,13-14H,3-6H2,1H3,(H2,18,23)(H,19,22)/t13-,14-. The molecular formula is C17H21N5O3. The van der Waals surface area contributed by atoms with Gasteiger partial charge in [0.2, 0.25) is 0 Å². The Hall–Kier alpha value is -2.90. The normalized spacial score (nSPS) is 19.9. The van der Waals surface area contributed by atoms with Crippen LogP contribution in [-0.4, -0.2) is 40.3 Å². The highest BCUT2D eigenvalue weighted by atomic mass is 16.6. The second kappa shape index (κ2) is 7.78. The zero-order chi connectivity index (χ0) is 17.6. The van der Waals surface area contributed by atoms with Gasteiger partial charge in [0, 0.05) is 35.8 Å². The Morgan fingerprint density at radius 1 is 1.08 bits per heavy atom. The number of ether oxygens (including phenoxy) is 2. The van der Waals surface area contributed by atoms with Gasteiger partial charge in [0.05, 0.1) is 7.11 Å². The number of primary amides is 1. The van der Waals surface area contributed by atoms with Crippen LogP contribution in [-0.2, 0) is 4.74 Å². The van der Waals surface area contributed by atoms with Crippen LogP contribution in [0.1, 0.15) is 25.7 Å². The van der Waals surface area contributed by atoms with Gasteiger partial charge in [-0.25, -0.2) is 19.7 Å². The van der Waals surface area contributed by atoms with E-state index >= 15 is 0 Å². The van der Waals surface area contributed by atoms with Crippen LogP contribution < -0.4 is 15.8 Å². The predicted molar refractivity (Wildman–Crippen MR) is 92.2 cm³/mol. The number of pyridine rings is 1. The van der Waals surface area contributed by atoms with Gasteiger partial charge < -0.3 is 20.5 Å². The van der Waals surface area contributed by atoms with Gasteiger partial charge in [-0.15, -0.1) is 0 Å². The molecule has 0 spiro atoms. The average Bonchev–Trinajstić information content (AvgIpc) is 2.64. The molecule has 2 heterocycles. The van der Waals surface area contributed by atoms with Gasteiger partial charge in [-0.1, -0.05) is 0 Å². The third kappa shape index (κ3) is 4.56. The number of nitrogens with two attached hydrogens (primary N) is 1. The molecule has 0 unspecified atom stereocenters. The zero-order valence-corrected chi connectivity index (χ0v) is 14.0. The number of carbonyl (C=O) groups excluding carboxylic acids is 1. The maximum atomic E-state index is 10.8. The fourth-order valence-corrected chi connectivity index (χ4v) is 2.92. The van der Waals surface area contributed by atoms with Crippen molar-refractivity contribution in [3.8, 4) is 17.1 Å². The van der Waals surface area contributed by atoms with E-state index in [0.717, 1.165) is 42.6 Å². The average molecular weight is 343 g/mol. The van der Waals surface area contributed by atoms with Gasteiger partial charge >= 0.3 is 12.1 Å². The molecule has 0 radical (unpaired) electrons. The fraction of sp³-hybridized carbons (Fsp3) is 0.412. The van der Waals surface area contributed by atoms with Crippen molar-refractivity contribution in [3.63, 3.8) is 0 Å². The lowest BCUT2D eigenvalue weighted by atomic mass is 9.93. The Labute approximate surface area is 145 Å². The molecule has 25 heavy (non-hydrogen) atoms. The van der Waals surface area contributed by atoms with Gasteiger partial charge in [0.1, 0.15) is 11.9 Å². The van der Waals surface area contributed by atoms with E-state index in [4.69, 9.17) is 15.2 Å². The molecule has 8 nitrogen and oxygen atoms in total. The summed E-state index contributed by atoms with van der Waals surface area (Å²) in [6.07, 6.45) is 7.86. The van der Waals surface area contributed by atoms with Crippen molar-refractivity contribution >= 4 is 11.9 Å². The van der Waals surface area contributed by atoms with E-state index in [1.165, 1.54) is 7.11 Å². The van der Waals surface area contributed by atoms with E-state index in [9.17, 15) is 4.79 Å². The van der Waals surface area contributed by atoms with E-state index < -0.39 is 6.09 Å². The van der Waals surface area contributed by atoms with Crippen LogP contribution in [0.25, 0.3) is 11.1 Å². The molecule has 1 aliphatic rings. The fourth-order valence-electron chi connectivity index (χ4n) is 2.92. The molecule has 3 N–H and O–H groups in total. The molecule has 1 fully saturated rings. The molecule has 0 aliphatic heterocycles. The highest BCUT2D eigenvalue weighted by Gasteiger charge is 2.23. The highest BCUT2D eigenvalue weighted by molar-refractivity contribution is 5.64. The number of methoxy groups -OCH3 is 1. The third-order valence-corrected chi connectivity index (χ3v) is 4.22. The van der Waals surface area contributed by atoms with Crippen LogP contribution in [0, 0.1) is 0 Å². The van der Waals surface area contributed by atoms with Gasteiger partial charge in [0.15, 0.2) is 0 Å². The van der Waals surface area contributed by atoms with E-state index in [-0.39, 0.29) is 6.10 Å². The van der Waals surface area contributed by atoms with Crippen molar-refractivity contribution < 1.29 is 14.3 Å². The number of nitrogens with one attached hydrogen (secondary N) is 1. The van der Waals surface area contributed by atoms with Gasteiger partial charge in [0.25, 0.3) is 0 Å². The molecule has 0 aromatic carbocycles. The largest absolute Gasteiger partial charge is 0.467 e. The van der Waals surface area contributed by atoms with Crippen LogP contribution in [0.4, 0.5) is 10.6 Å². The minimum atomic E-state index is -0.698. The topological polar surface area (TPSA) is 112 Å². The van der Waals surface area contributed by atoms with Crippen LogP contribution in [0.2, 0.25) is 0 Å². The SMILES string of the molecule is COc1ncc(-c2ccc(N[C@H]3CC[C@H](OC(N)=O)CC3)nc2)cn1. The molecule has 0 bridgehead atoms. The lowest BCUT2D eigenvalue weighted by molar-refractivity contribution is 0.0805. The number of hydrogen-bond acceptors (Lipinski definition) is 7. The third-order valence-electron chi connectivity index (χ3n) is 4.22. The number of rotatable bonds is 5. The molecule has 1 amide bonds. The van der Waals surface area contributed by atoms with E-state index in [1.807, 2.05) is 12.1 Å². The summed E-state index contributed by atoms with van der Waals surface area (Å²) in [6, 6.07) is 4.56. The van der Waals surface area contributed by atoms with Crippen LogP contribution in [0.5, 0.6) is 6.01 Å². The Morgan fingerprint density at radius 2 is 1.76 bits per heavy atom. The first-order valence-electron chi connectivity index (χ1n) is 8.19. The number of hydrogen-bond donors (Lipinski definition) is 2. The summed E-state index contributed by atoms with van der Waals surface area (Å²) >= 11 is 0. The van der Waals surface area contributed by atoms with Crippen molar-refractivity contribution in [3.05, 3.63) is 30.7 Å². The summed E-state index contributed by atoms with van der Waals surface area (Å²) in [5.74, 6) is 0.817. The minimum Gasteiger partial charge on any atom is -0.467 e. The van der Waals surface area contributed by atoms with E-state index in [1.54, 1.807) is 18.6 Å². The summed E-state index contributed by atoms with van der Waals surface area (Å²) in [7, 11) is 1.53. The molecule has 132 valence electrons. The molecule has 0 saturated heterocycles. The number of carbonyl (C=O) groups is 1. The molecule has 1 aliphatic carbocycles. The smallest absolute Gasteiger partial charge is 0.404 e. The molecule has 1 saturated carbocycles. The second-order valence-electron chi connectivity index (χ2n) is 5.95. The number of nitrogens with zero attached hydrogens (tertiary/aromatic N) is 3. The maximum Gasteiger partial charge on any atom is 0.404 e. The summed E-state index contributed by atoms with van der Waals surface area (Å²) in [5.41, 5.74) is 6.87. The van der Waals surface area contributed by atoms with Crippen molar-refractivity contribution in [2.75, 3.05) is 12.4 Å². The van der Waals surface area contributed by atoms with Gasteiger partial charge in [-0.05, 0) is 37.8 Å². The lowest BCUT2D eigenvalue weighted by Gasteiger charge is -2.28. The van der Waals surface area contributed by atoms with Gasteiger partial charge in [-0.3, -0.25) is 0 Å². The van der Waals surface area contributed by atoms with E-state index in [0.29, 0.717) is 12.1 Å². The van der Waals surface area contributed by atoms with Crippen LogP contribution in [0.3, 0.4) is 0 Å². The summed E-state index contributed by atoms with van der Waals surface area (Å²) in [4.78, 5) is 23.4. The van der Waals surface area contributed by atoms with Crippen molar-refractivity contribution in [2.24, 2.45) is 5.73 Å². The minimum absolute atomic E-state index is 0.0686. The Morgan fingerprint density at radius 3 is 2.32 bits per heavy atom. The summed E-state index contributed by atoms with van der Waals surface area (Å²) < 4.78 is 10.0. The molecule has 2 aromatic rings. The number of anilines is 1. The number of aromatic nitrogens is 3. The van der Waals surface area contributed by atoms with Crippen molar-refractivity contribution in [1.29, 1.82) is 0 Å². The van der Waals surface area contributed by atoms with Crippen LogP contribution >= 0.6 is 0 Å². The zero-order valence-electron chi connectivity index (χ0n) is 14.0. The predicted octanol–water partition coefficient (Wildman–Crippen LogP) is 2.37. The quantitative estimate of drug-likeness (QED) is 0.857. The molecular weight excluding hydrogens is 322 g/mol. The molecule has 8 heteroatoms. The first kappa shape index (κ1) is 16.9. The summed E-state index contributed by atoms with van der Waals surface area (Å²) in [5, 5.41) is 3.42. The highest BCUT2D eigenvalue weighted by Crippen LogP contribution is 2.24. The Balaban J connectivity index is 1.55. The van der Waals surface area contributed by atoms with E-state index in [2.05, 4.69) is 20.3 Å². The molecule has 3 rings (SSSR count). The number of amides is 1. The molecule has 0 atom stereocenters. The monoisotopic (exact) mass is 343 g/mol. The summed E-state index contributed by atoms with van der Waals surface area (Å²) in [6.45, 7) is 0. The van der Waals surface area contributed by atoms with Crippen molar-refractivity contribution in [2.45, 2.75) is 37.8 Å². The second-order valence-corrected chi connectivity index (χ2v) is 5.95. The van der Waals surface area contributed by atoms with Gasteiger partial charge in [-0.2, -0.15) is 0 Å². The first-order chi connectivity index (χ1) is 12.1. The van der Waals surface area contributed by atoms with Crippen molar-refractivity contribution in [1.82, 2.24) is 15.0 Å². The molecule has 2 aromatic heterocycles. The lowest BCUT2D eigenvalue weighted by Crippen LogP contribution is -2.32. The Bertz CT molecular complexity index is 697. The first-order valence-corrected chi connectivity index (χ1v) is 8.19.